The van der Waals surface area contributed by atoms with Gasteiger partial charge in [-0.1, -0.05) is 30.3 Å². The molecule has 2 aliphatic rings. The highest BCUT2D eigenvalue weighted by Crippen LogP contribution is 2.29. The minimum absolute atomic E-state index is 0.00247. The van der Waals surface area contributed by atoms with Crippen LogP contribution in [0.4, 0.5) is 19.7 Å². The normalized spacial score (nSPS) is 22.4. The number of carbonyl (C=O) groups is 2. The number of halogens is 1. The van der Waals surface area contributed by atoms with Crippen LogP contribution in [0.1, 0.15) is 12.0 Å². The minimum atomic E-state index is -1.34. The first kappa shape index (κ1) is 22.8. The number of rotatable bonds is 7. The Balaban J connectivity index is 1.30. The second-order valence-electron chi connectivity index (χ2n) is 8.14. The van der Waals surface area contributed by atoms with Crippen molar-refractivity contribution in [3.05, 3.63) is 59.9 Å². The number of β-amino-alcohol motifs (C(OH)–C–C–N with tert-alkyl or cyclic N) is 1. The monoisotopic (exact) mass is 460 g/mol. The van der Waals surface area contributed by atoms with E-state index in [2.05, 4.69) is 0 Å². The highest BCUT2D eigenvalue weighted by molar-refractivity contribution is 5.89. The van der Waals surface area contributed by atoms with E-state index in [1.807, 2.05) is 30.3 Å². The topological polar surface area (TPSA) is 109 Å². The highest BCUT2D eigenvalue weighted by atomic mass is 19.1. The van der Waals surface area contributed by atoms with Gasteiger partial charge < -0.3 is 29.3 Å². The fraction of sp³-hybridized carbons (Fsp3) is 0.391. The van der Waals surface area contributed by atoms with E-state index in [-0.39, 0.29) is 57.3 Å². The predicted octanol–water partition coefficient (Wildman–Crippen LogP) is 2.30. The first-order valence-corrected chi connectivity index (χ1v) is 10.6. The van der Waals surface area contributed by atoms with Gasteiger partial charge in [-0.25, -0.2) is 14.0 Å². The van der Waals surface area contributed by atoms with Gasteiger partial charge in [-0.15, -0.1) is 0 Å². The van der Waals surface area contributed by atoms with Crippen LogP contribution in [0.5, 0.6) is 5.75 Å². The van der Waals surface area contributed by atoms with Gasteiger partial charge in [0, 0.05) is 12.6 Å². The second kappa shape index (κ2) is 9.63. The Morgan fingerprint density at radius 3 is 2.73 bits per heavy atom. The van der Waals surface area contributed by atoms with Crippen molar-refractivity contribution in [3.8, 4) is 5.75 Å². The van der Waals surface area contributed by atoms with E-state index < -0.39 is 29.7 Å². The Bertz CT molecular complexity index is 1010. The molecule has 176 valence electrons. The lowest BCUT2D eigenvalue weighted by atomic mass is 10.1. The summed E-state index contributed by atoms with van der Waals surface area (Å²) in [5, 5.41) is 19.9. The molecule has 0 radical (unpaired) electrons. The summed E-state index contributed by atoms with van der Waals surface area (Å²) in [7, 11) is 0. The summed E-state index contributed by atoms with van der Waals surface area (Å²) >= 11 is 0. The van der Waals surface area contributed by atoms with E-state index in [0.717, 1.165) is 11.6 Å². The van der Waals surface area contributed by atoms with Gasteiger partial charge in [0.2, 0.25) is 0 Å². The summed E-state index contributed by atoms with van der Waals surface area (Å²) in [6.07, 6.45) is -1.60. The number of anilines is 1. The molecule has 2 fully saturated rings. The maximum Gasteiger partial charge on any atom is 0.414 e. The lowest BCUT2D eigenvalue weighted by Gasteiger charge is -2.23. The number of nitrogens with zero attached hydrogens (tertiary/aromatic N) is 2. The van der Waals surface area contributed by atoms with Gasteiger partial charge >= 0.3 is 12.2 Å². The zero-order valence-electron chi connectivity index (χ0n) is 17.9. The van der Waals surface area contributed by atoms with Crippen molar-refractivity contribution < 1.29 is 38.4 Å². The molecule has 9 nitrogen and oxygen atoms in total. The van der Waals surface area contributed by atoms with Crippen LogP contribution >= 0.6 is 0 Å². The summed E-state index contributed by atoms with van der Waals surface area (Å²) in [5.74, 6) is -0.808. The largest absolute Gasteiger partial charge is 0.487 e. The van der Waals surface area contributed by atoms with Crippen molar-refractivity contribution in [2.45, 2.75) is 24.7 Å². The van der Waals surface area contributed by atoms with Crippen LogP contribution < -0.4 is 9.64 Å². The molecule has 4 rings (SSSR count). The number of aliphatic hydroxyl groups excluding tert-OH is 1. The molecule has 2 aromatic carbocycles. The summed E-state index contributed by atoms with van der Waals surface area (Å²) in [6.45, 7) is 0.00306. The Kier molecular flexibility index (Phi) is 6.66. The number of carbonyl (C=O) groups excluding carboxylic acids is 2. The lowest BCUT2D eigenvalue weighted by molar-refractivity contribution is 0.00182. The number of ether oxygens (including phenoxy) is 3. The van der Waals surface area contributed by atoms with Crippen molar-refractivity contribution in [2.24, 2.45) is 0 Å². The van der Waals surface area contributed by atoms with Crippen LogP contribution in [0.2, 0.25) is 0 Å². The zero-order valence-corrected chi connectivity index (χ0v) is 17.9. The van der Waals surface area contributed by atoms with Gasteiger partial charge in [-0.3, -0.25) is 4.90 Å². The number of benzene rings is 2. The number of aliphatic hydroxyl groups is 2. The number of hydrogen-bond donors (Lipinski definition) is 2. The standard InChI is InChI=1S/C23H25FN2O7/c24-19-10-17(26-11-18(12-27)33-22(26)29)6-7-20(19)32-15-23(30)8-9-25(14-23)21(28)31-13-16-4-2-1-3-5-16/h1-7,10,18,27,30H,8-9,11-15H2/t18-,23?/m1/s1. The van der Waals surface area contributed by atoms with E-state index in [1.54, 1.807) is 0 Å². The Labute approximate surface area is 189 Å². The molecule has 0 spiro atoms. The molecule has 2 N–H and O–H groups in total. The number of hydrogen-bond acceptors (Lipinski definition) is 7. The molecule has 33 heavy (non-hydrogen) atoms. The van der Waals surface area contributed by atoms with Crippen molar-refractivity contribution in [3.63, 3.8) is 0 Å². The van der Waals surface area contributed by atoms with Crippen molar-refractivity contribution in [1.82, 2.24) is 4.90 Å². The number of cyclic esters (lactones) is 1. The number of likely N-dealkylation sites (tertiary alicyclic amines) is 1. The molecule has 0 aromatic heterocycles. The van der Waals surface area contributed by atoms with Gasteiger partial charge in [0.05, 0.1) is 25.4 Å². The fourth-order valence-corrected chi connectivity index (χ4v) is 3.75. The molecule has 0 aliphatic carbocycles. The molecular weight excluding hydrogens is 435 g/mol. The van der Waals surface area contributed by atoms with Crippen molar-refractivity contribution in [1.29, 1.82) is 0 Å². The molecule has 2 aromatic rings. The molecule has 2 saturated heterocycles. The quantitative estimate of drug-likeness (QED) is 0.653. The molecular formula is C23H25FN2O7. The third kappa shape index (κ3) is 5.35. The van der Waals surface area contributed by atoms with E-state index >= 15 is 0 Å². The van der Waals surface area contributed by atoms with Gasteiger partial charge in [0.25, 0.3) is 0 Å². The third-order valence-electron chi connectivity index (χ3n) is 5.60. The van der Waals surface area contributed by atoms with Crippen LogP contribution in [0.3, 0.4) is 0 Å². The average Bonchev–Trinajstić information content (AvgIpc) is 3.40. The van der Waals surface area contributed by atoms with Crippen molar-refractivity contribution in [2.75, 3.05) is 37.7 Å². The molecule has 2 amide bonds. The van der Waals surface area contributed by atoms with E-state index in [4.69, 9.17) is 19.3 Å². The Hall–Kier alpha value is -3.37. The van der Waals surface area contributed by atoms with Crippen LogP contribution in [0.15, 0.2) is 48.5 Å². The molecule has 2 heterocycles. The SMILES string of the molecule is O=C(OCc1ccccc1)N1CCC(O)(COc2ccc(N3C[C@H](CO)OC3=O)cc2F)C1. The summed E-state index contributed by atoms with van der Waals surface area (Å²) in [6, 6.07) is 13.2. The fourth-order valence-electron chi connectivity index (χ4n) is 3.75. The first-order valence-electron chi connectivity index (χ1n) is 10.6. The van der Waals surface area contributed by atoms with E-state index in [1.165, 1.54) is 21.9 Å². The Morgan fingerprint density at radius 1 is 1.24 bits per heavy atom. The summed E-state index contributed by atoms with van der Waals surface area (Å²) in [5.41, 5.74) is -0.214. The van der Waals surface area contributed by atoms with Gasteiger partial charge in [0.15, 0.2) is 11.6 Å². The molecule has 1 unspecified atom stereocenters. The third-order valence-corrected chi connectivity index (χ3v) is 5.60. The lowest BCUT2D eigenvalue weighted by Crippen LogP contribution is -2.40. The molecule has 0 bridgehead atoms. The van der Waals surface area contributed by atoms with Crippen LogP contribution in [-0.4, -0.2) is 71.9 Å². The summed E-state index contributed by atoms with van der Waals surface area (Å²) < 4.78 is 30.3. The Morgan fingerprint density at radius 2 is 2.03 bits per heavy atom. The smallest absolute Gasteiger partial charge is 0.414 e. The van der Waals surface area contributed by atoms with E-state index in [0.29, 0.717) is 0 Å². The predicted molar refractivity (Wildman–Crippen MR) is 114 cm³/mol. The maximum atomic E-state index is 14.6. The average molecular weight is 460 g/mol. The van der Waals surface area contributed by atoms with E-state index in [9.17, 15) is 19.1 Å². The molecule has 2 aliphatic heterocycles. The minimum Gasteiger partial charge on any atom is -0.487 e. The molecule has 0 saturated carbocycles. The van der Waals surface area contributed by atoms with Crippen LogP contribution in [0.25, 0.3) is 0 Å². The van der Waals surface area contributed by atoms with Crippen molar-refractivity contribution >= 4 is 17.9 Å². The maximum absolute atomic E-state index is 14.6. The molecule has 10 heteroatoms. The first-order chi connectivity index (χ1) is 15.9. The molecule has 2 atom stereocenters. The summed E-state index contributed by atoms with van der Waals surface area (Å²) in [4.78, 5) is 26.8. The van der Waals surface area contributed by atoms with Crippen LogP contribution in [-0.2, 0) is 16.1 Å². The number of amides is 2. The van der Waals surface area contributed by atoms with Gasteiger partial charge in [-0.05, 0) is 24.1 Å². The van der Waals surface area contributed by atoms with Crippen LogP contribution in [0, 0.1) is 5.82 Å². The van der Waals surface area contributed by atoms with Gasteiger partial charge in [-0.2, -0.15) is 0 Å². The highest BCUT2D eigenvalue weighted by Gasteiger charge is 2.40. The zero-order chi connectivity index (χ0) is 23.4. The van der Waals surface area contributed by atoms with Gasteiger partial charge in [0.1, 0.15) is 24.9 Å². The second-order valence-corrected chi connectivity index (χ2v) is 8.14.